The molecule has 0 aromatic heterocycles. The summed E-state index contributed by atoms with van der Waals surface area (Å²) in [4.78, 5) is 0. The molecule has 2 rings (SSSR count). The molecule has 0 aliphatic rings. The van der Waals surface area contributed by atoms with Crippen LogP contribution in [-0.4, -0.2) is 11.0 Å². The Morgan fingerprint density at radius 3 is 2.81 bits per heavy atom. The summed E-state index contributed by atoms with van der Waals surface area (Å²) < 4.78 is 19.3. The highest BCUT2D eigenvalue weighted by Gasteiger charge is 2.13. The Balaban J connectivity index is 2.26. The van der Waals surface area contributed by atoms with Gasteiger partial charge in [0.1, 0.15) is 18.2 Å². The topological polar surface area (TPSA) is 67.8 Å². The van der Waals surface area contributed by atoms with Gasteiger partial charge in [0.25, 0.3) is 0 Å². The Bertz CT molecular complexity index is 695. The lowest BCUT2D eigenvalue weighted by atomic mass is 10.2. The third kappa shape index (κ3) is 3.65. The van der Waals surface area contributed by atoms with Crippen molar-refractivity contribution in [1.82, 2.24) is 0 Å². The number of oxime groups is 1. The maximum atomic E-state index is 13.0. The Morgan fingerprint density at radius 1 is 1.38 bits per heavy atom. The van der Waals surface area contributed by atoms with Crippen molar-refractivity contribution in [2.24, 2.45) is 10.9 Å². The number of amidine groups is 1. The van der Waals surface area contributed by atoms with Crippen molar-refractivity contribution in [2.75, 3.05) is 0 Å². The van der Waals surface area contributed by atoms with E-state index in [4.69, 9.17) is 27.3 Å². The van der Waals surface area contributed by atoms with Crippen LogP contribution < -0.4 is 10.5 Å². The van der Waals surface area contributed by atoms with E-state index in [0.717, 1.165) is 5.56 Å². The number of benzene rings is 2. The van der Waals surface area contributed by atoms with Crippen LogP contribution in [0.1, 0.15) is 11.1 Å². The lowest BCUT2D eigenvalue weighted by Gasteiger charge is -2.12. The predicted molar refractivity (Wildman–Crippen MR) is 82.4 cm³/mol. The minimum absolute atomic E-state index is 0.145. The second-order valence-electron chi connectivity index (χ2n) is 4.12. The third-order valence-corrected chi connectivity index (χ3v) is 3.79. The fourth-order valence-electron chi connectivity index (χ4n) is 1.72. The minimum atomic E-state index is -0.342. The second kappa shape index (κ2) is 6.78. The minimum Gasteiger partial charge on any atom is -0.488 e. The van der Waals surface area contributed by atoms with Gasteiger partial charge in [0.15, 0.2) is 5.84 Å². The van der Waals surface area contributed by atoms with Crippen LogP contribution in [0.25, 0.3) is 0 Å². The largest absolute Gasteiger partial charge is 0.488 e. The zero-order valence-corrected chi connectivity index (χ0v) is 13.0. The molecule has 0 fully saturated rings. The molecule has 2 aromatic rings. The quantitative estimate of drug-likeness (QED) is 0.369. The van der Waals surface area contributed by atoms with Crippen LogP contribution in [0.15, 0.2) is 46.0 Å². The summed E-state index contributed by atoms with van der Waals surface area (Å²) in [5.41, 5.74) is 6.65. The van der Waals surface area contributed by atoms with Gasteiger partial charge in [0.2, 0.25) is 0 Å². The van der Waals surface area contributed by atoms with E-state index in [9.17, 15) is 4.39 Å². The SMILES string of the molecule is N/C(=N/O)c1c(Cl)cccc1OCc1ccc(F)cc1Br. The second-order valence-corrected chi connectivity index (χ2v) is 5.38. The Morgan fingerprint density at radius 2 is 2.14 bits per heavy atom. The standard InChI is InChI=1S/C14H11BrClFN2O2/c15-10-6-9(17)5-4-8(10)7-21-12-3-1-2-11(16)13(12)14(18)19-20/h1-6,20H,7H2,(H2,18,19). The fourth-order valence-corrected chi connectivity index (χ4v) is 2.45. The summed E-state index contributed by atoms with van der Waals surface area (Å²) in [6, 6.07) is 9.23. The van der Waals surface area contributed by atoms with Crippen molar-refractivity contribution in [3.63, 3.8) is 0 Å². The number of ether oxygens (including phenoxy) is 1. The molecule has 0 radical (unpaired) electrons. The van der Waals surface area contributed by atoms with E-state index in [1.54, 1.807) is 24.3 Å². The molecule has 0 amide bonds. The first kappa shape index (κ1) is 15.6. The number of hydrogen-bond acceptors (Lipinski definition) is 3. The summed E-state index contributed by atoms with van der Waals surface area (Å²) in [5, 5.41) is 12.0. The van der Waals surface area contributed by atoms with Crippen LogP contribution in [0.3, 0.4) is 0 Å². The summed E-state index contributed by atoms with van der Waals surface area (Å²) in [6.45, 7) is 0.174. The van der Waals surface area contributed by atoms with Crippen LogP contribution in [0.4, 0.5) is 4.39 Å². The summed E-state index contributed by atoms with van der Waals surface area (Å²) in [6.07, 6.45) is 0. The molecular formula is C14H11BrClFN2O2. The molecule has 0 heterocycles. The maximum absolute atomic E-state index is 13.0. The molecule has 0 aliphatic carbocycles. The fraction of sp³-hybridized carbons (Fsp3) is 0.0714. The van der Waals surface area contributed by atoms with E-state index in [1.807, 2.05) is 0 Å². The van der Waals surface area contributed by atoms with E-state index >= 15 is 0 Å². The maximum Gasteiger partial charge on any atom is 0.175 e. The number of nitrogens with zero attached hydrogens (tertiary/aromatic N) is 1. The molecule has 7 heteroatoms. The van der Waals surface area contributed by atoms with E-state index in [0.29, 0.717) is 20.8 Å². The number of nitrogens with two attached hydrogens (primary N) is 1. The van der Waals surface area contributed by atoms with Gasteiger partial charge in [-0.3, -0.25) is 0 Å². The molecule has 0 saturated heterocycles. The average Bonchev–Trinajstić information content (AvgIpc) is 2.45. The van der Waals surface area contributed by atoms with E-state index < -0.39 is 0 Å². The van der Waals surface area contributed by atoms with Gasteiger partial charge < -0.3 is 15.7 Å². The first-order valence-electron chi connectivity index (χ1n) is 5.86. The molecule has 0 saturated carbocycles. The molecule has 3 N–H and O–H groups in total. The van der Waals surface area contributed by atoms with Crippen molar-refractivity contribution >= 4 is 33.4 Å². The van der Waals surface area contributed by atoms with Crippen LogP contribution in [0, 0.1) is 5.82 Å². The van der Waals surface area contributed by atoms with Gasteiger partial charge >= 0.3 is 0 Å². The monoisotopic (exact) mass is 372 g/mol. The normalized spacial score (nSPS) is 11.5. The van der Waals surface area contributed by atoms with Crippen LogP contribution in [0.2, 0.25) is 5.02 Å². The molecule has 0 bridgehead atoms. The van der Waals surface area contributed by atoms with Gasteiger partial charge in [-0.2, -0.15) is 0 Å². The molecule has 0 unspecified atom stereocenters. The van der Waals surface area contributed by atoms with Crippen molar-refractivity contribution in [1.29, 1.82) is 0 Å². The van der Waals surface area contributed by atoms with Crippen molar-refractivity contribution < 1.29 is 14.3 Å². The molecule has 0 atom stereocenters. The van der Waals surface area contributed by atoms with Crippen LogP contribution in [-0.2, 0) is 6.61 Å². The highest BCUT2D eigenvalue weighted by Crippen LogP contribution is 2.28. The Hall–Kier alpha value is -1.79. The molecule has 4 nitrogen and oxygen atoms in total. The highest BCUT2D eigenvalue weighted by atomic mass is 79.9. The molecular weight excluding hydrogens is 363 g/mol. The lowest BCUT2D eigenvalue weighted by molar-refractivity contribution is 0.302. The zero-order valence-electron chi connectivity index (χ0n) is 10.7. The molecule has 0 spiro atoms. The summed E-state index contributed by atoms with van der Waals surface area (Å²) in [7, 11) is 0. The van der Waals surface area contributed by atoms with Gasteiger partial charge in [-0.15, -0.1) is 0 Å². The van der Waals surface area contributed by atoms with E-state index in [2.05, 4.69) is 21.1 Å². The molecule has 21 heavy (non-hydrogen) atoms. The first-order valence-corrected chi connectivity index (χ1v) is 7.03. The zero-order chi connectivity index (χ0) is 15.4. The molecule has 110 valence electrons. The van der Waals surface area contributed by atoms with Crippen LogP contribution in [0.5, 0.6) is 5.75 Å². The van der Waals surface area contributed by atoms with Crippen LogP contribution >= 0.6 is 27.5 Å². The number of hydrogen-bond donors (Lipinski definition) is 2. The van der Waals surface area contributed by atoms with Crippen molar-refractivity contribution in [3.05, 3.63) is 62.8 Å². The van der Waals surface area contributed by atoms with Gasteiger partial charge in [-0.1, -0.05) is 44.8 Å². The molecule has 2 aromatic carbocycles. The summed E-state index contributed by atoms with van der Waals surface area (Å²) >= 11 is 9.29. The summed E-state index contributed by atoms with van der Waals surface area (Å²) in [5.74, 6) is -0.117. The highest BCUT2D eigenvalue weighted by molar-refractivity contribution is 9.10. The Labute approximate surface area is 134 Å². The Kier molecular flexibility index (Phi) is 5.03. The lowest BCUT2D eigenvalue weighted by Crippen LogP contribution is -2.15. The van der Waals surface area contributed by atoms with E-state index in [1.165, 1.54) is 12.1 Å². The van der Waals surface area contributed by atoms with E-state index in [-0.39, 0.29) is 18.3 Å². The molecule has 0 aliphatic heterocycles. The smallest absolute Gasteiger partial charge is 0.175 e. The van der Waals surface area contributed by atoms with Crippen molar-refractivity contribution in [3.8, 4) is 5.75 Å². The first-order chi connectivity index (χ1) is 10.0. The average molecular weight is 374 g/mol. The van der Waals surface area contributed by atoms with Gasteiger partial charge in [-0.25, -0.2) is 4.39 Å². The number of halogens is 3. The number of rotatable bonds is 4. The predicted octanol–water partition coefficient (Wildman–Crippen LogP) is 3.92. The van der Waals surface area contributed by atoms with Crippen molar-refractivity contribution in [2.45, 2.75) is 6.61 Å². The third-order valence-electron chi connectivity index (χ3n) is 2.74. The van der Waals surface area contributed by atoms with Gasteiger partial charge in [-0.05, 0) is 24.3 Å². The van der Waals surface area contributed by atoms with Gasteiger partial charge in [0.05, 0.1) is 10.6 Å². The van der Waals surface area contributed by atoms with Gasteiger partial charge in [0, 0.05) is 10.0 Å².